The number of imidazole rings is 1. The van der Waals surface area contributed by atoms with Gasteiger partial charge in [0.1, 0.15) is 5.52 Å². The number of para-hydroxylation sites is 1. The Morgan fingerprint density at radius 2 is 1.91 bits per heavy atom. The fourth-order valence-electron chi connectivity index (χ4n) is 4.06. The SMILES string of the molecule is CC[C@H](C)Nc1ncc2nc(Nc3c(Cl)cccc3Cl)n(C3CCC(C(N)=O)CC3)c2n1. The van der Waals surface area contributed by atoms with Crippen LogP contribution in [0, 0.1) is 5.92 Å². The summed E-state index contributed by atoms with van der Waals surface area (Å²) in [6.07, 6.45) is 5.72. The second-order valence-corrected chi connectivity index (χ2v) is 9.11. The van der Waals surface area contributed by atoms with Crippen LogP contribution in [0.25, 0.3) is 11.2 Å². The first-order valence-corrected chi connectivity index (χ1v) is 11.6. The molecule has 2 heterocycles. The molecule has 1 aliphatic carbocycles. The maximum Gasteiger partial charge on any atom is 0.224 e. The van der Waals surface area contributed by atoms with Crippen molar-refractivity contribution in [3.05, 3.63) is 34.4 Å². The molecule has 4 N–H and O–H groups in total. The van der Waals surface area contributed by atoms with Gasteiger partial charge >= 0.3 is 0 Å². The van der Waals surface area contributed by atoms with Crippen molar-refractivity contribution in [3.63, 3.8) is 0 Å². The summed E-state index contributed by atoms with van der Waals surface area (Å²) in [5.41, 5.74) is 7.52. The van der Waals surface area contributed by atoms with E-state index in [4.69, 9.17) is 38.9 Å². The zero-order valence-electron chi connectivity index (χ0n) is 18.1. The largest absolute Gasteiger partial charge is 0.369 e. The van der Waals surface area contributed by atoms with Crippen molar-refractivity contribution >= 4 is 57.9 Å². The van der Waals surface area contributed by atoms with Crippen LogP contribution in [-0.2, 0) is 4.79 Å². The molecule has 0 bridgehead atoms. The second-order valence-electron chi connectivity index (χ2n) is 8.29. The van der Waals surface area contributed by atoms with Crippen molar-refractivity contribution < 1.29 is 4.79 Å². The number of anilines is 3. The molecule has 8 nitrogen and oxygen atoms in total. The summed E-state index contributed by atoms with van der Waals surface area (Å²) in [7, 11) is 0. The van der Waals surface area contributed by atoms with Crippen LogP contribution >= 0.6 is 23.2 Å². The quantitative estimate of drug-likeness (QED) is 0.427. The molecule has 1 saturated carbocycles. The van der Waals surface area contributed by atoms with Crippen LogP contribution in [0.2, 0.25) is 10.0 Å². The monoisotopic (exact) mass is 475 g/mol. The van der Waals surface area contributed by atoms with Gasteiger partial charge in [-0.05, 0) is 51.2 Å². The second kappa shape index (κ2) is 9.50. The van der Waals surface area contributed by atoms with Crippen molar-refractivity contribution in [3.8, 4) is 0 Å². The maximum absolute atomic E-state index is 11.7. The van der Waals surface area contributed by atoms with Gasteiger partial charge < -0.3 is 16.4 Å². The zero-order valence-corrected chi connectivity index (χ0v) is 19.6. The topological polar surface area (TPSA) is 111 Å². The summed E-state index contributed by atoms with van der Waals surface area (Å²) < 4.78 is 2.08. The number of amides is 1. The van der Waals surface area contributed by atoms with Gasteiger partial charge in [0.05, 0.1) is 21.9 Å². The van der Waals surface area contributed by atoms with Gasteiger partial charge in [-0.25, -0.2) is 9.97 Å². The number of nitrogens with zero attached hydrogens (tertiary/aromatic N) is 4. The number of halogens is 2. The number of aromatic nitrogens is 4. The summed E-state index contributed by atoms with van der Waals surface area (Å²) in [6, 6.07) is 5.69. The predicted octanol–water partition coefficient (Wildman–Crippen LogP) is 5.30. The lowest BCUT2D eigenvalue weighted by atomic mass is 9.85. The van der Waals surface area contributed by atoms with Crippen LogP contribution < -0.4 is 16.4 Å². The van der Waals surface area contributed by atoms with Crippen LogP contribution in [0.5, 0.6) is 0 Å². The Morgan fingerprint density at radius 1 is 1.22 bits per heavy atom. The first-order valence-electron chi connectivity index (χ1n) is 10.9. The van der Waals surface area contributed by atoms with Gasteiger partial charge in [-0.1, -0.05) is 36.2 Å². The molecule has 3 aromatic rings. The Bertz CT molecular complexity index is 1100. The number of nitrogens with two attached hydrogens (primary N) is 1. The molecule has 1 atom stereocenters. The molecule has 170 valence electrons. The Labute approximate surface area is 196 Å². The van der Waals surface area contributed by atoms with Crippen molar-refractivity contribution in [2.24, 2.45) is 11.7 Å². The normalized spacial score (nSPS) is 19.6. The van der Waals surface area contributed by atoms with Gasteiger partial charge in [0, 0.05) is 18.0 Å². The lowest BCUT2D eigenvalue weighted by molar-refractivity contribution is -0.122. The molecule has 32 heavy (non-hydrogen) atoms. The third-order valence-electron chi connectivity index (χ3n) is 6.08. The van der Waals surface area contributed by atoms with Crippen LogP contribution in [0.4, 0.5) is 17.6 Å². The number of rotatable bonds is 7. The molecule has 4 rings (SSSR count). The van der Waals surface area contributed by atoms with Crippen molar-refractivity contribution in [2.45, 2.75) is 58.0 Å². The minimum Gasteiger partial charge on any atom is -0.369 e. The van der Waals surface area contributed by atoms with E-state index in [0.717, 1.165) is 37.8 Å². The number of hydrogen-bond donors (Lipinski definition) is 3. The molecule has 10 heteroatoms. The van der Waals surface area contributed by atoms with Gasteiger partial charge in [0.25, 0.3) is 0 Å². The van der Waals surface area contributed by atoms with E-state index in [1.54, 1.807) is 24.4 Å². The molecule has 0 spiro atoms. The highest BCUT2D eigenvalue weighted by molar-refractivity contribution is 6.39. The van der Waals surface area contributed by atoms with E-state index in [9.17, 15) is 4.79 Å². The molecule has 1 aromatic carbocycles. The summed E-state index contributed by atoms with van der Waals surface area (Å²) in [6.45, 7) is 4.19. The van der Waals surface area contributed by atoms with Crippen LogP contribution in [0.1, 0.15) is 52.0 Å². The minimum atomic E-state index is -0.234. The number of hydrogen-bond acceptors (Lipinski definition) is 6. The number of carbonyl (C=O) groups is 1. The average molecular weight is 476 g/mol. The lowest BCUT2D eigenvalue weighted by Crippen LogP contribution is -2.28. The molecular weight excluding hydrogens is 449 g/mol. The lowest BCUT2D eigenvalue weighted by Gasteiger charge is -2.29. The molecule has 1 fully saturated rings. The van der Waals surface area contributed by atoms with Gasteiger partial charge in [0.2, 0.25) is 17.8 Å². The van der Waals surface area contributed by atoms with E-state index >= 15 is 0 Å². The molecule has 0 unspecified atom stereocenters. The third-order valence-corrected chi connectivity index (χ3v) is 6.71. The molecule has 1 aliphatic rings. The van der Waals surface area contributed by atoms with Crippen molar-refractivity contribution in [2.75, 3.05) is 10.6 Å². The van der Waals surface area contributed by atoms with Crippen molar-refractivity contribution in [1.82, 2.24) is 19.5 Å². The Morgan fingerprint density at radius 3 is 2.53 bits per heavy atom. The fourth-order valence-corrected chi connectivity index (χ4v) is 4.56. The number of primary amides is 1. The number of benzene rings is 1. The van der Waals surface area contributed by atoms with Gasteiger partial charge in [-0.2, -0.15) is 4.98 Å². The van der Waals surface area contributed by atoms with E-state index in [1.807, 2.05) is 0 Å². The standard InChI is InChI=1S/C22H27Cl2N7O/c1-3-12(2)27-21-26-11-17-20(30-21)31(14-9-7-13(8-10-14)19(25)32)22(28-17)29-18-15(23)5-4-6-16(18)24/h4-6,11-14H,3,7-10H2,1-2H3,(H2,25,32)(H,28,29)(H,26,27,30)/t12-,13?,14?/m0/s1. The van der Waals surface area contributed by atoms with Gasteiger partial charge in [-0.3, -0.25) is 9.36 Å². The van der Waals surface area contributed by atoms with E-state index < -0.39 is 0 Å². The smallest absolute Gasteiger partial charge is 0.224 e. The molecule has 0 radical (unpaired) electrons. The maximum atomic E-state index is 11.7. The summed E-state index contributed by atoms with van der Waals surface area (Å²) >= 11 is 12.8. The summed E-state index contributed by atoms with van der Waals surface area (Å²) in [4.78, 5) is 25.6. The minimum absolute atomic E-state index is 0.0901. The first-order chi connectivity index (χ1) is 15.4. The zero-order chi connectivity index (χ0) is 22.8. The Kier molecular flexibility index (Phi) is 6.71. The summed E-state index contributed by atoms with van der Waals surface area (Å²) in [5.74, 6) is 0.823. The highest BCUT2D eigenvalue weighted by Crippen LogP contribution is 2.39. The number of fused-ring (bicyclic) bond motifs is 1. The molecule has 1 amide bonds. The number of nitrogens with one attached hydrogen (secondary N) is 2. The highest BCUT2D eigenvalue weighted by Gasteiger charge is 2.29. The fraction of sp³-hybridized carbons (Fsp3) is 0.455. The first kappa shape index (κ1) is 22.6. The van der Waals surface area contributed by atoms with Crippen molar-refractivity contribution in [1.29, 1.82) is 0 Å². The van der Waals surface area contributed by atoms with Gasteiger partial charge in [0.15, 0.2) is 5.65 Å². The highest BCUT2D eigenvalue weighted by atomic mass is 35.5. The molecule has 0 saturated heterocycles. The molecular formula is C22H27Cl2N7O. The van der Waals surface area contributed by atoms with Crippen LogP contribution in [0.3, 0.4) is 0 Å². The summed E-state index contributed by atoms with van der Waals surface area (Å²) in [5, 5.41) is 7.63. The van der Waals surface area contributed by atoms with Crippen LogP contribution in [-0.4, -0.2) is 31.5 Å². The van der Waals surface area contributed by atoms with E-state index in [2.05, 4.69) is 34.0 Å². The third kappa shape index (κ3) is 4.61. The molecule has 2 aromatic heterocycles. The Hall–Kier alpha value is -2.58. The molecule has 0 aliphatic heterocycles. The van der Waals surface area contributed by atoms with Crippen LogP contribution in [0.15, 0.2) is 24.4 Å². The number of carbonyl (C=O) groups excluding carboxylic acids is 1. The van der Waals surface area contributed by atoms with E-state index in [-0.39, 0.29) is 23.9 Å². The van der Waals surface area contributed by atoms with Gasteiger partial charge in [-0.15, -0.1) is 0 Å². The average Bonchev–Trinajstić information content (AvgIpc) is 3.13. The van der Waals surface area contributed by atoms with E-state index in [0.29, 0.717) is 33.1 Å². The Balaban J connectivity index is 1.76. The predicted molar refractivity (Wildman–Crippen MR) is 129 cm³/mol. The van der Waals surface area contributed by atoms with E-state index in [1.165, 1.54) is 0 Å².